The van der Waals surface area contributed by atoms with Crippen LogP contribution in [0.4, 0.5) is 11.6 Å². The lowest BCUT2D eigenvalue weighted by Crippen LogP contribution is -2.52. The zero-order chi connectivity index (χ0) is 17.1. The standard InChI is InChI=1S/C17H22N4O3/c1-12-11-16(24-19-12)18-17(23)13(2)20-7-9-21(10-8-20)14-5-3-4-6-15(14)22/h3-6,11,13,22H,7-10H2,1-2H3,(H,18,23). The highest BCUT2D eigenvalue weighted by Gasteiger charge is 2.27. The number of amides is 1. The monoisotopic (exact) mass is 330 g/mol. The van der Waals surface area contributed by atoms with Gasteiger partial charge in [0, 0.05) is 32.2 Å². The molecule has 2 heterocycles. The number of para-hydroxylation sites is 2. The lowest BCUT2D eigenvalue weighted by atomic mass is 10.2. The highest BCUT2D eigenvalue weighted by molar-refractivity contribution is 5.93. The molecule has 0 spiro atoms. The van der Waals surface area contributed by atoms with Gasteiger partial charge in [0.1, 0.15) is 5.75 Å². The Bertz CT molecular complexity index is 707. The summed E-state index contributed by atoms with van der Waals surface area (Å²) in [7, 11) is 0. The summed E-state index contributed by atoms with van der Waals surface area (Å²) in [6.45, 7) is 6.71. The van der Waals surface area contributed by atoms with Crippen LogP contribution in [0.5, 0.6) is 5.75 Å². The van der Waals surface area contributed by atoms with Gasteiger partial charge < -0.3 is 14.5 Å². The van der Waals surface area contributed by atoms with E-state index in [1.807, 2.05) is 25.1 Å². The maximum Gasteiger partial charge on any atom is 0.243 e. The van der Waals surface area contributed by atoms with E-state index in [1.54, 1.807) is 19.1 Å². The van der Waals surface area contributed by atoms with E-state index in [4.69, 9.17) is 4.52 Å². The second kappa shape index (κ2) is 6.92. The fraction of sp³-hybridized carbons (Fsp3) is 0.412. The van der Waals surface area contributed by atoms with E-state index >= 15 is 0 Å². The number of aryl methyl sites for hydroxylation is 1. The molecule has 1 fully saturated rings. The highest BCUT2D eigenvalue weighted by atomic mass is 16.5. The van der Waals surface area contributed by atoms with Gasteiger partial charge in [-0.15, -0.1) is 0 Å². The summed E-state index contributed by atoms with van der Waals surface area (Å²) >= 11 is 0. The summed E-state index contributed by atoms with van der Waals surface area (Å²) in [5.74, 6) is 0.553. The van der Waals surface area contributed by atoms with Crippen molar-refractivity contribution in [1.82, 2.24) is 10.1 Å². The molecule has 1 amide bonds. The molecule has 0 aliphatic carbocycles. The zero-order valence-electron chi connectivity index (χ0n) is 13.9. The molecule has 128 valence electrons. The van der Waals surface area contributed by atoms with Crippen molar-refractivity contribution in [3.8, 4) is 5.75 Å². The van der Waals surface area contributed by atoms with Crippen LogP contribution in [0.15, 0.2) is 34.9 Å². The van der Waals surface area contributed by atoms with Gasteiger partial charge in [-0.05, 0) is 26.0 Å². The Hall–Kier alpha value is -2.54. The van der Waals surface area contributed by atoms with Crippen LogP contribution in [0.2, 0.25) is 0 Å². The number of anilines is 2. The lowest BCUT2D eigenvalue weighted by molar-refractivity contribution is -0.121. The van der Waals surface area contributed by atoms with Crippen LogP contribution in [-0.4, -0.2) is 53.3 Å². The highest BCUT2D eigenvalue weighted by Crippen LogP contribution is 2.27. The van der Waals surface area contributed by atoms with Crippen molar-refractivity contribution < 1.29 is 14.4 Å². The van der Waals surface area contributed by atoms with Crippen molar-refractivity contribution in [1.29, 1.82) is 0 Å². The van der Waals surface area contributed by atoms with E-state index in [0.717, 1.165) is 37.6 Å². The number of nitrogens with zero attached hydrogens (tertiary/aromatic N) is 3. The first-order chi connectivity index (χ1) is 11.5. The van der Waals surface area contributed by atoms with Crippen LogP contribution >= 0.6 is 0 Å². The second-order valence-electron chi connectivity index (χ2n) is 6.01. The Morgan fingerprint density at radius 2 is 2.00 bits per heavy atom. The van der Waals surface area contributed by atoms with E-state index in [0.29, 0.717) is 5.88 Å². The maximum absolute atomic E-state index is 12.3. The van der Waals surface area contributed by atoms with E-state index in [-0.39, 0.29) is 17.7 Å². The molecular weight excluding hydrogens is 308 g/mol. The number of piperazine rings is 1. The van der Waals surface area contributed by atoms with Crippen LogP contribution in [0.25, 0.3) is 0 Å². The van der Waals surface area contributed by atoms with Crippen LogP contribution < -0.4 is 10.2 Å². The molecule has 2 N–H and O–H groups in total. The van der Waals surface area contributed by atoms with Crippen molar-refractivity contribution in [3.63, 3.8) is 0 Å². The van der Waals surface area contributed by atoms with Gasteiger partial charge in [-0.25, -0.2) is 0 Å². The molecular formula is C17H22N4O3. The minimum atomic E-state index is -0.262. The smallest absolute Gasteiger partial charge is 0.243 e. The van der Waals surface area contributed by atoms with Gasteiger partial charge in [-0.3, -0.25) is 15.0 Å². The Morgan fingerprint density at radius 1 is 1.29 bits per heavy atom. The number of hydrogen-bond donors (Lipinski definition) is 2. The molecule has 2 aromatic rings. The number of benzene rings is 1. The number of aromatic nitrogens is 1. The number of phenols is 1. The fourth-order valence-corrected chi connectivity index (χ4v) is 2.90. The van der Waals surface area contributed by atoms with Gasteiger partial charge >= 0.3 is 0 Å². The van der Waals surface area contributed by atoms with Crippen LogP contribution in [0.1, 0.15) is 12.6 Å². The molecule has 3 rings (SSSR count). The van der Waals surface area contributed by atoms with Crippen LogP contribution in [0.3, 0.4) is 0 Å². The van der Waals surface area contributed by atoms with Crippen molar-refractivity contribution in [2.75, 3.05) is 36.4 Å². The quantitative estimate of drug-likeness (QED) is 0.890. The molecule has 0 bridgehead atoms. The Labute approximate surface area is 140 Å². The molecule has 0 saturated carbocycles. The largest absolute Gasteiger partial charge is 0.506 e. The van der Waals surface area contributed by atoms with Gasteiger partial charge in [0.2, 0.25) is 11.8 Å². The average Bonchev–Trinajstić information content (AvgIpc) is 2.99. The van der Waals surface area contributed by atoms with E-state index in [2.05, 4.69) is 20.3 Å². The first-order valence-electron chi connectivity index (χ1n) is 8.06. The molecule has 1 aromatic heterocycles. The van der Waals surface area contributed by atoms with Crippen molar-refractivity contribution >= 4 is 17.5 Å². The number of phenolic OH excluding ortho intramolecular Hbond substituents is 1. The first kappa shape index (κ1) is 16.3. The lowest BCUT2D eigenvalue weighted by Gasteiger charge is -2.38. The predicted molar refractivity (Wildman–Crippen MR) is 91.2 cm³/mol. The van der Waals surface area contributed by atoms with E-state index in [1.165, 1.54) is 0 Å². The molecule has 1 aliphatic rings. The second-order valence-corrected chi connectivity index (χ2v) is 6.01. The maximum atomic E-state index is 12.3. The fourth-order valence-electron chi connectivity index (χ4n) is 2.90. The SMILES string of the molecule is Cc1cc(NC(=O)C(C)N2CCN(c3ccccc3O)CC2)on1. The van der Waals surface area contributed by atoms with E-state index < -0.39 is 0 Å². The van der Waals surface area contributed by atoms with Gasteiger partial charge in [-0.2, -0.15) is 0 Å². The normalized spacial score (nSPS) is 16.8. The van der Waals surface area contributed by atoms with Crippen LogP contribution in [-0.2, 0) is 4.79 Å². The Balaban J connectivity index is 1.56. The molecule has 1 atom stereocenters. The van der Waals surface area contributed by atoms with Crippen molar-refractivity contribution in [2.45, 2.75) is 19.9 Å². The topological polar surface area (TPSA) is 81.8 Å². The minimum Gasteiger partial charge on any atom is -0.506 e. The molecule has 1 saturated heterocycles. The van der Waals surface area contributed by atoms with Gasteiger partial charge in [-0.1, -0.05) is 17.3 Å². The summed E-state index contributed by atoms with van der Waals surface area (Å²) in [5.41, 5.74) is 1.57. The molecule has 7 heteroatoms. The van der Waals surface area contributed by atoms with Gasteiger partial charge in [0.25, 0.3) is 0 Å². The number of aromatic hydroxyl groups is 1. The molecule has 0 radical (unpaired) electrons. The Kier molecular flexibility index (Phi) is 4.71. The molecule has 1 aliphatic heterocycles. The molecule has 1 aromatic carbocycles. The summed E-state index contributed by atoms with van der Waals surface area (Å²) in [6.07, 6.45) is 0. The van der Waals surface area contributed by atoms with Gasteiger partial charge in [0.05, 0.1) is 17.4 Å². The number of nitrogens with one attached hydrogen (secondary N) is 1. The summed E-state index contributed by atoms with van der Waals surface area (Å²) in [5, 5.41) is 16.5. The third-order valence-corrected chi connectivity index (χ3v) is 4.34. The average molecular weight is 330 g/mol. The molecule has 24 heavy (non-hydrogen) atoms. The Morgan fingerprint density at radius 3 is 2.62 bits per heavy atom. The number of hydrogen-bond acceptors (Lipinski definition) is 6. The van der Waals surface area contributed by atoms with Crippen LogP contribution in [0, 0.1) is 6.92 Å². The predicted octanol–water partition coefficient (Wildman–Crippen LogP) is 1.84. The zero-order valence-corrected chi connectivity index (χ0v) is 13.9. The first-order valence-corrected chi connectivity index (χ1v) is 8.06. The number of carbonyl (C=O) groups is 1. The number of rotatable bonds is 4. The summed E-state index contributed by atoms with van der Waals surface area (Å²) < 4.78 is 5.02. The molecule has 7 nitrogen and oxygen atoms in total. The van der Waals surface area contributed by atoms with Gasteiger partial charge in [0.15, 0.2) is 0 Å². The van der Waals surface area contributed by atoms with Crippen molar-refractivity contribution in [2.24, 2.45) is 0 Å². The minimum absolute atomic E-state index is 0.109. The summed E-state index contributed by atoms with van der Waals surface area (Å²) in [4.78, 5) is 16.6. The van der Waals surface area contributed by atoms with Crippen molar-refractivity contribution in [3.05, 3.63) is 36.0 Å². The number of carbonyl (C=O) groups excluding carboxylic acids is 1. The third-order valence-electron chi connectivity index (χ3n) is 4.34. The summed E-state index contributed by atoms with van der Waals surface area (Å²) in [6, 6.07) is 8.76. The molecule has 1 unspecified atom stereocenters. The van der Waals surface area contributed by atoms with E-state index in [9.17, 15) is 9.90 Å². The third kappa shape index (κ3) is 3.51.